The number of thiophene rings is 1. The maximum Gasteiger partial charge on any atom is 0.0634 e. The summed E-state index contributed by atoms with van der Waals surface area (Å²) in [6.45, 7) is 0. The van der Waals surface area contributed by atoms with E-state index in [1.807, 2.05) is 11.3 Å². The number of fused-ring (bicyclic) bond motifs is 8. The Bertz CT molecular complexity index is 2450. The third-order valence-electron chi connectivity index (χ3n) is 8.57. The van der Waals surface area contributed by atoms with E-state index in [4.69, 9.17) is 0 Å². The van der Waals surface area contributed by atoms with E-state index in [2.05, 4.69) is 156 Å². The number of hydrogen-bond acceptors (Lipinski definition) is 1. The maximum absolute atomic E-state index is 2.50. The summed E-state index contributed by atoms with van der Waals surface area (Å²) in [4.78, 5) is 0. The van der Waals surface area contributed by atoms with Crippen molar-refractivity contribution in [2.45, 2.75) is 0 Å². The fourth-order valence-electron chi connectivity index (χ4n) is 6.63. The van der Waals surface area contributed by atoms with E-state index in [1.165, 1.54) is 80.7 Å². The Balaban J connectivity index is 1.43. The number of aromatic nitrogens is 1. The molecule has 0 fully saturated rings. The van der Waals surface area contributed by atoms with E-state index in [9.17, 15) is 0 Å². The minimum atomic E-state index is 1.19. The molecule has 42 heavy (non-hydrogen) atoms. The molecule has 0 aliphatic carbocycles. The van der Waals surface area contributed by atoms with Crippen molar-refractivity contribution in [3.8, 4) is 27.9 Å². The van der Waals surface area contributed by atoms with Crippen molar-refractivity contribution < 1.29 is 0 Å². The minimum absolute atomic E-state index is 1.19. The Kier molecular flexibility index (Phi) is 5.13. The van der Waals surface area contributed by atoms with Crippen LogP contribution in [0.2, 0.25) is 0 Å². The van der Waals surface area contributed by atoms with Crippen LogP contribution in [0.25, 0.3) is 80.7 Å². The SMILES string of the molecule is c1ccc(-c2ccc3c(c2)c2ccc4sc5c(-c6ccccc6)cccc5c4c2n3-c2ccc3ccccc3c2)cc1. The molecule has 9 rings (SSSR count). The first kappa shape index (κ1) is 23.5. The normalized spacial score (nSPS) is 11.8. The summed E-state index contributed by atoms with van der Waals surface area (Å²) in [7, 11) is 0. The zero-order valence-electron chi connectivity index (χ0n) is 22.8. The molecule has 0 unspecified atom stereocenters. The lowest BCUT2D eigenvalue weighted by molar-refractivity contribution is 1.19. The van der Waals surface area contributed by atoms with Gasteiger partial charge in [0, 0.05) is 36.6 Å². The maximum atomic E-state index is 2.50. The van der Waals surface area contributed by atoms with Gasteiger partial charge in [-0.25, -0.2) is 0 Å². The topological polar surface area (TPSA) is 4.93 Å². The monoisotopic (exact) mass is 551 g/mol. The molecule has 0 spiro atoms. The quantitative estimate of drug-likeness (QED) is 0.206. The molecular formula is C40H25NS. The highest BCUT2D eigenvalue weighted by Gasteiger charge is 2.20. The summed E-state index contributed by atoms with van der Waals surface area (Å²) < 4.78 is 5.15. The van der Waals surface area contributed by atoms with Gasteiger partial charge < -0.3 is 4.57 Å². The first-order chi connectivity index (χ1) is 20.8. The third kappa shape index (κ3) is 3.49. The van der Waals surface area contributed by atoms with Crippen molar-refractivity contribution in [2.75, 3.05) is 0 Å². The number of rotatable bonds is 3. The van der Waals surface area contributed by atoms with E-state index in [-0.39, 0.29) is 0 Å². The van der Waals surface area contributed by atoms with Gasteiger partial charge in [0.05, 0.1) is 11.0 Å². The second-order valence-electron chi connectivity index (χ2n) is 11.0. The fourth-order valence-corrected chi connectivity index (χ4v) is 7.87. The van der Waals surface area contributed by atoms with Gasteiger partial charge in [0.25, 0.3) is 0 Å². The molecule has 2 heteroatoms. The Hall–Kier alpha value is -5.18. The van der Waals surface area contributed by atoms with Gasteiger partial charge in [0.15, 0.2) is 0 Å². The molecule has 7 aromatic carbocycles. The van der Waals surface area contributed by atoms with E-state index in [0.29, 0.717) is 0 Å². The summed E-state index contributed by atoms with van der Waals surface area (Å²) in [5.41, 5.74) is 8.72. The lowest BCUT2D eigenvalue weighted by Gasteiger charge is -2.11. The van der Waals surface area contributed by atoms with Crippen molar-refractivity contribution in [2.24, 2.45) is 0 Å². The molecule has 0 saturated carbocycles. The average molecular weight is 552 g/mol. The van der Waals surface area contributed by atoms with E-state index in [1.54, 1.807) is 0 Å². The van der Waals surface area contributed by atoms with Crippen LogP contribution in [0, 0.1) is 0 Å². The largest absolute Gasteiger partial charge is 0.309 e. The molecule has 0 saturated heterocycles. The third-order valence-corrected chi connectivity index (χ3v) is 9.77. The van der Waals surface area contributed by atoms with Gasteiger partial charge in [0.2, 0.25) is 0 Å². The smallest absolute Gasteiger partial charge is 0.0634 e. The highest BCUT2D eigenvalue weighted by molar-refractivity contribution is 7.26. The van der Waals surface area contributed by atoms with Crippen LogP contribution in [0.4, 0.5) is 0 Å². The predicted octanol–water partition coefficient (Wildman–Crippen LogP) is 11.6. The molecule has 9 aromatic rings. The van der Waals surface area contributed by atoms with Crippen LogP contribution >= 0.6 is 11.3 Å². The Morgan fingerprint density at radius 3 is 2.05 bits per heavy atom. The molecular weight excluding hydrogens is 527 g/mol. The van der Waals surface area contributed by atoms with Crippen LogP contribution in [0.5, 0.6) is 0 Å². The molecule has 196 valence electrons. The molecule has 0 radical (unpaired) electrons. The zero-order valence-corrected chi connectivity index (χ0v) is 23.6. The summed E-state index contributed by atoms with van der Waals surface area (Å²) >= 11 is 1.90. The minimum Gasteiger partial charge on any atom is -0.309 e. The lowest BCUT2D eigenvalue weighted by Crippen LogP contribution is -1.94. The first-order valence-corrected chi connectivity index (χ1v) is 15.2. The molecule has 2 heterocycles. The number of hydrogen-bond donors (Lipinski definition) is 0. The van der Waals surface area contributed by atoms with Crippen molar-refractivity contribution in [1.29, 1.82) is 0 Å². The van der Waals surface area contributed by atoms with Gasteiger partial charge in [-0.15, -0.1) is 11.3 Å². The Morgan fingerprint density at radius 1 is 0.452 bits per heavy atom. The highest BCUT2D eigenvalue weighted by atomic mass is 32.1. The van der Waals surface area contributed by atoms with Gasteiger partial charge in [-0.1, -0.05) is 121 Å². The molecule has 0 atom stereocenters. The molecule has 0 amide bonds. The number of benzene rings is 7. The van der Waals surface area contributed by atoms with E-state index in [0.717, 1.165) is 0 Å². The fraction of sp³-hybridized carbons (Fsp3) is 0. The number of nitrogens with zero attached hydrogens (tertiary/aromatic N) is 1. The standard InChI is InChI=1S/C40H25NS/c1-3-10-26(11-4-1)30-19-22-36-35(25-30)33-21-23-37-38(34-17-9-16-32(40(34)42-37)28-13-5-2-6-14-28)39(33)41(36)31-20-18-27-12-7-8-15-29(27)24-31/h1-25H. The van der Waals surface area contributed by atoms with Crippen LogP contribution in [0.1, 0.15) is 0 Å². The van der Waals surface area contributed by atoms with Crippen LogP contribution in [0.15, 0.2) is 152 Å². The van der Waals surface area contributed by atoms with Crippen molar-refractivity contribution >= 4 is 64.1 Å². The molecule has 0 aliphatic rings. The second kappa shape index (κ2) is 9.17. The molecule has 0 bridgehead atoms. The second-order valence-corrected chi connectivity index (χ2v) is 12.0. The van der Waals surface area contributed by atoms with Crippen LogP contribution < -0.4 is 0 Å². The van der Waals surface area contributed by atoms with Crippen molar-refractivity contribution in [1.82, 2.24) is 4.57 Å². The van der Waals surface area contributed by atoms with Gasteiger partial charge in [-0.2, -0.15) is 0 Å². The molecule has 2 aromatic heterocycles. The van der Waals surface area contributed by atoms with Crippen molar-refractivity contribution in [3.05, 3.63) is 152 Å². The molecule has 0 N–H and O–H groups in total. The Labute approximate surface area is 247 Å². The Morgan fingerprint density at radius 2 is 1.21 bits per heavy atom. The van der Waals surface area contributed by atoms with Crippen LogP contribution in [-0.2, 0) is 0 Å². The zero-order chi connectivity index (χ0) is 27.6. The van der Waals surface area contributed by atoms with Crippen LogP contribution in [0.3, 0.4) is 0 Å². The summed E-state index contributed by atoms with van der Waals surface area (Å²) in [6.07, 6.45) is 0. The summed E-state index contributed by atoms with van der Waals surface area (Å²) in [5, 5.41) is 7.71. The van der Waals surface area contributed by atoms with Crippen molar-refractivity contribution in [3.63, 3.8) is 0 Å². The highest BCUT2D eigenvalue weighted by Crippen LogP contribution is 2.46. The van der Waals surface area contributed by atoms with E-state index >= 15 is 0 Å². The van der Waals surface area contributed by atoms with Gasteiger partial charge in [-0.05, 0) is 63.4 Å². The van der Waals surface area contributed by atoms with Gasteiger partial charge in [0.1, 0.15) is 0 Å². The van der Waals surface area contributed by atoms with Crippen LogP contribution in [-0.4, -0.2) is 4.57 Å². The lowest BCUT2D eigenvalue weighted by atomic mass is 10.0. The first-order valence-electron chi connectivity index (χ1n) is 14.4. The molecule has 1 nitrogen and oxygen atoms in total. The van der Waals surface area contributed by atoms with Gasteiger partial charge >= 0.3 is 0 Å². The molecule has 0 aliphatic heterocycles. The predicted molar refractivity (Wildman–Crippen MR) is 182 cm³/mol. The van der Waals surface area contributed by atoms with Gasteiger partial charge in [-0.3, -0.25) is 0 Å². The summed E-state index contributed by atoms with van der Waals surface area (Å²) in [5.74, 6) is 0. The van der Waals surface area contributed by atoms with E-state index < -0.39 is 0 Å². The average Bonchev–Trinajstić information content (AvgIpc) is 3.60. The summed E-state index contributed by atoms with van der Waals surface area (Å²) in [6, 6.07) is 55.4.